The lowest BCUT2D eigenvalue weighted by molar-refractivity contribution is -0.149. The van der Waals surface area contributed by atoms with Gasteiger partial charge in [0.05, 0.1) is 12.6 Å². The Morgan fingerprint density at radius 3 is 2.73 bits per heavy atom. The molecule has 1 saturated heterocycles. The van der Waals surface area contributed by atoms with Crippen molar-refractivity contribution >= 4 is 23.6 Å². The summed E-state index contributed by atoms with van der Waals surface area (Å²) in [5.74, 6) is -0.936. The van der Waals surface area contributed by atoms with Gasteiger partial charge in [-0.1, -0.05) is 50.2 Å². The monoisotopic (exact) mass is 322 g/mol. The van der Waals surface area contributed by atoms with E-state index < -0.39 is 24.0 Å². The molecule has 22 heavy (non-hydrogen) atoms. The van der Waals surface area contributed by atoms with E-state index in [1.807, 2.05) is 13.8 Å². The summed E-state index contributed by atoms with van der Waals surface area (Å²) in [4.78, 5) is 24.1. The highest BCUT2D eigenvalue weighted by atomic mass is 35.5. The molecule has 0 spiro atoms. The molecule has 0 aliphatic carbocycles. The Hall–Kier alpha value is -2.01. The van der Waals surface area contributed by atoms with Gasteiger partial charge in [-0.3, -0.25) is 4.79 Å². The van der Waals surface area contributed by atoms with Crippen LogP contribution in [0, 0.1) is 11.8 Å². The van der Waals surface area contributed by atoms with Crippen LogP contribution in [0.5, 0.6) is 0 Å². The summed E-state index contributed by atoms with van der Waals surface area (Å²) in [6.45, 7) is 8.00. The number of hydrogen-bond acceptors (Lipinski definition) is 3. The Bertz CT molecular complexity index is 601. The van der Waals surface area contributed by atoms with Gasteiger partial charge in [0.2, 0.25) is 0 Å². The molecule has 2 N–H and O–H groups in total. The van der Waals surface area contributed by atoms with Gasteiger partial charge in [-0.05, 0) is 17.5 Å². The predicted octanol–water partition coefficient (Wildman–Crippen LogP) is 3.02. The summed E-state index contributed by atoms with van der Waals surface area (Å²) in [5, 5.41) is 5.73. The number of carbonyl (C=O) groups is 2. The van der Waals surface area contributed by atoms with Crippen molar-refractivity contribution in [2.75, 3.05) is 6.61 Å². The molecule has 1 aromatic rings. The highest BCUT2D eigenvalue weighted by Crippen LogP contribution is 2.34. The van der Waals surface area contributed by atoms with Crippen LogP contribution in [0.2, 0.25) is 5.02 Å². The maximum atomic E-state index is 12.4. The third-order valence-electron chi connectivity index (χ3n) is 3.32. The van der Waals surface area contributed by atoms with Gasteiger partial charge in [-0.2, -0.15) is 0 Å². The minimum atomic E-state index is -0.726. The van der Waals surface area contributed by atoms with Gasteiger partial charge in [0.25, 0.3) is 0 Å². The number of ether oxygens (including phenoxy) is 1. The number of halogens is 1. The first-order valence-electron chi connectivity index (χ1n) is 7.07. The van der Waals surface area contributed by atoms with Crippen LogP contribution in [-0.2, 0) is 9.53 Å². The molecular formula is C16H19ClN2O3. The van der Waals surface area contributed by atoms with Gasteiger partial charge >= 0.3 is 12.0 Å². The van der Waals surface area contributed by atoms with E-state index in [4.69, 9.17) is 16.3 Å². The zero-order valence-electron chi connectivity index (χ0n) is 12.6. The molecule has 2 unspecified atom stereocenters. The van der Waals surface area contributed by atoms with Crippen LogP contribution in [0.1, 0.15) is 25.5 Å². The minimum absolute atomic E-state index is 0.224. The first kappa shape index (κ1) is 16.4. The quantitative estimate of drug-likeness (QED) is 0.837. The van der Waals surface area contributed by atoms with Crippen molar-refractivity contribution in [2.24, 2.45) is 11.8 Å². The van der Waals surface area contributed by atoms with Gasteiger partial charge in [-0.15, -0.1) is 0 Å². The molecule has 2 atom stereocenters. The Morgan fingerprint density at radius 2 is 2.09 bits per heavy atom. The lowest BCUT2D eigenvalue weighted by Crippen LogP contribution is -2.51. The standard InChI is InChI=1S/C16H19ClN2O3/c1-9(2)8-22-15(20)13-10(3)18-16(21)19-14(13)11-6-4-5-7-12(11)17/h4-7,9,13-14H,3,8H2,1-2H3,(H2,18,19,21). The molecule has 0 radical (unpaired) electrons. The van der Waals surface area contributed by atoms with E-state index in [0.29, 0.717) is 22.9 Å². The van der Waals surface area contributed by atoms with E-state index in [-0.39, 0.29) is 5.92 Å². The highest BCUT2D eigenvalue weighted by Gasteiger charge is 2.39. The van der Waals surface area contributed by atoms with E-state index in [0.717, 1.165) is 0 Å². The van der Waals surface area contributed by atoms with Gasteiger partial charge in [-0.25, -0.2) is 4.79 Å². The summed E-state index contributed by atoms with van der Waals surface area (Å²) in [6.07, 6.45) is 0. The summed E-state index contributed by atoms with van der Waals surface area (Å²) in [6, 6.07) is 6.06. The molecule has 0 aromatic heterocycles. The van der Waals surface area contributed by atoms with Crippen molar-refractivity contribution in [3.8, 4) is 0 Å². The first-order valence-corrected chi connectivity index (χ1v) is 7.45. The zero-order valence-corrected chi connectivity index (χ0v) is 13.3. The van der Waals surface area contributed by atoms with Crippen LogP contribution in [-0.4, -0.2) is 18.6 Å². The maximum Gasteiger partial charge on any atom is 0.319 e. The highest BCUT2D eigenvalue weighted by molar-refractivity contribution is 6.31. The van der Waals surface area contributed by atoms with Crippen molar-refractivity contribution in [1.29, 1.82) is 0 Å². The van der Waals surface area contributed by atoms with Crippen LogP contribution < -0.4 is 10.6 Å². The Balaban J connectivity index is 2.30. The smallest absolute Gasteiger partial charge is 0.319 e. The van der Waals surface area contributed by atoms with E-state index >= 15 is 0 Å². The fourth-order valence-corrected chi connectivity index (χ4v) is 2.54. The summed E-state index contributed by atoms with van der Waals surface area (Å²) in [7, 11) is 0. The molecule has 1 aromatic carbocycles. The molecule has 2 rings (SSSR count). The molecule has 1 heterocycles. The summed E-state index contributed by atoms with van der Waals surface area (Å²) >= 11 is 6.20. The van der Waals surface area contributed by atoms with Crippen LogP contribution >= 0.6 is 11.6 Å². The molecule has 0 saturated carbocycles. The average Bonchev–Trinajstić information content (AvgIpc) is 2.44. The Kier molecular flexibility index (Phi) is 5.08. The molecule has 2 amide bonds. The van der Waals surface area contributed by atoms with Crippen LogP contribution in [0.25, 0.3) is 0 Å². The SMILES string of the molecule is C=C1NC(=O)NC(c2ccccc2Cl)C1C(=O)OCC(C)C. The van der Waals surface area contributed by atoms with Crippen molar-refractivity contribution < 1.29 is 14.3 Å². The number of nitrogens with one attached hydrogen (secondary N) is 2. The second-order valence-corrected chi connectivity index (χ2v) is 6.03. The number of amides is 2. The topological polar surface area (TPSA) is 67.4 Å². The van der Waals surface area contributed by atoms with E-state index in [1.165, 1.54) is 0 Å². The van der Waals surface area contributed by atoms with Crippen LogP contribution in [0.15, 0.2) is 36.5 Å². The lowest BCUT2D eigenvalue weighted by atomic mass is 9.89. The fraction of sp³-hybridized carbons (Fsp3) is 0.375. The summed E-state index contributed by atoms with van der Waals surface area (Å²) < 4.78 is 5.31. The van der Waals surface area contributed by atoms with E-state index in [2.05, 4.69) is 17.2 Å². The fourth-order valence-electron chi connectivity index (χ4n) is 2.29. The number of esters is 1. The van der Waals surface area contributed by atoms with E-state index in [9.17, 15) is 9.59 Å². The van der Waals surface area contributed by atoms with Gasteiger partial charge in [0, 0.05) is 10.7 Å². The molecule has 1 aliphatic rings. The van der Waals surface area contributed by atoms with Gasteiger partial charge in [0.1, 0.15) is 5.92 Å². The van der Waals surface area contributed by atoms with Crippen molar-refractivity contribution in [3.05, 3.63) is 47.1 Å². The van der Waals surface area contributed by atoms with Gasteiger partial charge in [0.15, 0.2) is 0 Å². The van der Waals surface area contributed by atoms with E-state index in [1.54, 1.807) is 24.3 Å². The molecule has 1 aliphatic heterocycles. The zero-order chi connectivity index (χ0) is 16.3. The number of benzene rings is 1. The summed E-state index contributed by atoms with van der Waals surface area (Å²) in [5.41, 5.74) is 0.967. The Morgan fingerprint density at radius 1 is 1.41 bits per heavy atom. The third-order valence-corrected chi connectivity index (χ3v) is 3.67. The van der Waals surface area contributed by atoms with Crippen LogP contribution in [0.3, 0.4) is 0 Å². The maximum absolute atomic E-state index is 12.4. The van der Waals surface area contributed by atoms with Crippen molar-refractivity contribution in [2.45, 2.75) is 19.9 Å². The molecule has 0 bridgehead atoms. The largest absolute Gasteiger partial charge is 0.465 e. The Labute approximate surface area is 134 Å². The van der Waals surface area contributed by atoms with Crippen molar-refractivity contribution in [3.63, 3.8) is 0 Å². The third kappa shape index (κ3) is 3.60. The normalized spacial score (nSPS) is 21.3. The number of rotatable bonds is 4. The average molecular weight is 323 g/mol. The molecule has 118 valence electrons. The molecule has 1 fully saturated rings. The number of carbonyl (C=O) groups excluding carboxylic acids is 2. The first-order chi connectivity index (χ1) is 10.4. The lowest BCUT2D eigenvalue weighted by Gasteiger charge is -2.33. The van der Waals surface area contributed by atoms with Crippen molar-refractivity contribution in [1.82, 2.24) is 10.6 Å². The second kappa shape index (κ2) is 6.83. The minimum Gasteiger partial charge on any atom is -0.465 e. The number of urea groups is 1. The van der Waals surface area contributed by atoms with Gasteiger partial charge < -0.3 is 15.4 Å². The molecule has 5 nitrogen and oxygen atoms in total. The number of hydrogen-bond donors (Lipinski definition) is 2. The molecular weight excluding hydrogens is 304 g/mol. The predicted molar refractivity (Wildman–Crippen MR) is 84.3 cm³/mol. The van der Waals surface area contributed by atoms with Crippen LogP contribution in [0.4, 0.5) is 4.79 Å². The molecule has 6 heteroatoms. The second-order valence-electron chi connectivity index (χ2n) is 5.62.